The molecule has 5 heteroatoms. The van der Waals surface area contributed by atoms with E-state index in [4.69, 9.17) is 5.73 Å². The van der Waals surface area contributed by atoms with Crippen LogP contribution in [-0.4, -0.2) is 41.4 Å². The van der Waals surface area contributed by atoms with E-state index < -0.39 is 0 Å². The van der Waals surface area contributed by atoms with Crippen molar-refractivity contribution in [3.8, 4) is 0 Å². The van der Waals surface area contributed by atoms with Crippen molar-refractivity contribution in [3.63, 3.8) is 0 Å². The summed E-state index contributed by atoms with van der Waals surface area (Å²) in [5, 5.41) is 3.14. The zero-order valence-electron chi connectivity index (χ0n) is 14.1. The molecule has 1 aromatic carbocycles. The Hall–Kier alpha value is -1.88. The molecule has 130 valence electrons. The van der Waals surface area contributed by atoms with Crippen LogP contribution in [0.3, 0.4) is 0 Å². The van der Waals surface area contributed by atoms with Crippen LogP contribution in [-0.2, 0) is 16.0 Å². The van der Waals surface area contributed by atoms with Gasteiger partial charge in [-0.3, -0.25) is 9.59 Å². The lowest BCUT2D eigenvalue weighted by Gasteiger charge is -2.30. The number of benzene rings is 1. The van der Waals surface area contributed by atoms with E-state index >= 15 is 0 Å². The Morgan fingerprint density at radius 2 is 1.79 bits per heavy atom. The molecule has 3 rings (SSSR count). The van der Waals surface area contributed by atoms with Crippen molar-refractivity contribution in [2.24, 2.45) is 5.73 Å². The smallest absolute Gasteiger partial charge is 0.243 e. The van der Waals surface area contributed by atoms with Gasteiger partial charge in [0.15, 0.2) is 0 Å². The Morgan fingerprint density at radius 1 is 1.08 bits per heavy atom. The molecule has 1 heterocycles. The first kappa shape index (κ1) is 17.0. The minimum atomic E-state index is -0.309. The fraction of sp³-hybridized carbons (Fsp3) is 0.579. The van der Waals surface area contributed by atoms with E-state index in [0.717, 1.165) is 44.1 Å². The molecule has 0 bridgehead atoms. The highest BCUT2D eigenvalue weighted by Crippen LogP contribution is 2.21. The van der Waals surface area contributed by atoms with Crippen LogP contribution >= 0.6 is 0 Å². The summed E-state index contributed by atoms with van der Waals surface area (Å²) in [6.07, 6.45) is 5.84. The quantitative estimate of drug-likeness (QED) is 0.881. The molecule has 1 unspecified atom stereocenters. The lowest BCUT2D eigenvalue weighted by molar-refractivity contribution is -0.138. The maximum absolute atomic E-state index is 12.6. The summed E-state index contributed by atoms with van der Waals surface area (Å²) in [7, 11) is 0. The van der Waals surface area contributed by atoms with Crippen LogP contribution in [0.1, 0.15) is 44.1 Å². The number of nitrogens with one attached hydrogen (secondary N) is 1. The topological polar surface area (TPSA) is 75.4 Å². The van der Waals surface area contributed by atoms with Gasteiger partial charge in [0.25, 0.3) is 0 Å². The zero-order valence-corrected chi connectivity index (χ0v) is 14.1. The second-order valence-corrected chi connectivity index (χ2v) is 7.03. The molecular weight excluding hydrogens is 302 g/mol. The molecule has 1 aromatic rings. The molecule has 1 saturated carbocycles. The van der Waals surface area contributed by atoms with Gasteiger partial charge in [0, 0.05) is 18.6 Å². The number of amides is 2. The molecule has 0 radical (unpaired) electrons. The van der Waals surface area contributed by atoms with Crippen molar-refractivity contribution in [2.75, 3.05) is 6.54 Å². The first-order valence-corrected chi connectivity index (χ1v) is 9.03. The summed E-state index contributed by atoms with van der Waals surface area (Å²) in [6, 6.07) is 9.89. The van der Waals surface area contributed by atoms with Crippen LogP contribution in [0.15, 0.2) is 30.3 Å². The van der Waals surface area contributed by atoms with Gasteiger partial charge in [0.05, 0.1) is 6.42 Å². The Labute approximate surface area is 143 Å². The highest BCUT2D eigenvalue weighted by Gasteiger charge is 2.35. The fourth-order valence-corrected chi connectivity index (χ4v) is 3.77. The summed E-state index contributed by atoms with van der Waals surface area (Å²) < 4.78 is 0. The summed E-state index contributed by atoms with van der Waals surface area (Å²) in [5.74, 6) is 0.0545. The lowest BCUT2D eigenvalue weighted by Crippen LogP contribution is -2.50. The summed E-state index contributed by atoms with van der Waals surface area (Å²) in [4.78, 5) is 27.0. The van der Waals surface area contributed by atoms with E-state index in [-0.39, 0.29) is 29.9 Å². The lowest BCUT2D eigenvalue weighted by atomic mass is 9.91. The van der Waals surface area contributed by atoms with E-state index in [1.54, 1.807) is 4.90 Å². The number of hydrogen-bond donors (Lipinski definition) is 2. The maximum atomic E-state index is 12.6. The van der Waals surface area contributed by atoms with E-state index in [2.05, 4.69) is 5.32 Å². The van der Waals surface area contributed by atoms with Gasteiger partial charge in [-0.25, -0.2) is 0 Å². The highest BCUT2D eigenvalue weighted by molar-refractivity contribution is 5.89. The molecule has 0 aromatic heterocycles. The minimum Gasteiger partial charge on any atom is -0.352 e. The van der Waals surface area contributed by atoms with Crippen molar-refractivity contribution >= 4 is 11.8 Å². The van der Waals surface area contributed by atoms with Crippen LogP contribution in [0.5, 0.6) is 0 Å². The predicted octanol–water partition coefficient (Wildman–Crippen LogP) is 1.61. The van der Waals surface area contributed by atoms with Gasteiger partial charge >= 0.3 is 0 Å². The highest BCUT2D eigenvalue weighted by atomic mass is 16.2. The molecule has 2 aliphatic rings. The van der Waals surface area contributed by atoms with Crippen molar-refractivity contribution in [1.82, 2.24) is 10.2 Å². The molecule has 1 atom stereocenters. The Balaban J connectivity index is 1.56. The van der Waals surface area contributed by atoms with Crippen molar-refractivity contribution in [1.29, 1.82) is 0 Å². The molecular formula is C19H27N3O2. The number of carbonyl (C=O) groups is 2. The molecule has 5 nitrogen and oxygen atoms in total. The van der Waals surface area contributed by atoms with E-state index in [1.807, 2.05) is 30.3 Å². The second kappa shape index (κ2) is 7.79. The van der Waals surface area contributed by atoms with Gasteiger partial charge < -0.3 is 16.0 Å². The average molecular weight is 329 g/mol. The SMILES string of the molecule is NC1CCC(NC(=O)C2CCCN2C(=O)Cc2ccccc2)CC1. The molecule has 2 fully saturated rings. The number of likely N-dealkylation sites (tertiary alicyclic amines) is 1. The van der Waals surface area contributed by atoms with Gasteiger partial charge in [-0.05, 0) is 44.1 Å². The number of nitrogens with zero attached hydrogens (tertiary/aromatic N) is 1. The van der Waals surface area contributed by atoms with E-state index in [9.17, 15) is 9.59 Å². The molecule has 2 amide bonds. The van der Waals surface area contributed by atoms with E-state index in [0.29, 0.717) is 13.0 Å². The summed E-state index contributed by atoms with van der Waals surface area (Å²) >= 11 is 0. The summed E-state index contributed by atoms with van der Waals surface area (Å²) in [6.45, 7) is 0.680. The van der Waals surface area contributed by atoms with Gasteiger partial charge in [-0.2, -0.15) is 0 Å². The fourth-order valence-electron chi connectivity index (χ4n) is 3.77. The number of carbonyl (C=O) groups excluding carboxylic acids is 2. The van der Waals surface area contributed by atoms with Gasteiger partial charge in [-0.15, -0.1) is 0 Å². The molecule has 1 aliphatic heterocycles. The number of rotatable bonds is 4. The van der Waals surface area contributed by atoms with E-state index in [1.165, 1.54) is 0 Å². The Morgan fingerprint density at radius 3 is 2.50 bits per heavy atom. The van der Waals surface area contributed by atoms with Crippen molar-refractivity contribution in [2.45, 2.75) is 63.1 Å². The third-order valence-electron chi connectivity index (χ3n) is 5.19. The Kier molecular flexibility index (Phi) is 5.51. The van der Waals surface area contributed by atoms with Crippen LogP contribution in [0.4, 0.5) is 0 Å². The molecule has 1 aliphatic carbocycles. The molecule has 3 N–H and O–H groups in total. The predicted molar refractivity (Wildman–Crippen MR) is 93.3 cm³/mol. The second-order valence-electron chi connectivity index (χ2n) is 7.03. The minimum absolute atomic E-state index is 0.00869. The van der Waals surface area contributed by atoms with Crippen LogP contribution in [0, 0.1) is 0 Å². The van der Waals surface area contributed by atoms with Crippen molar-refractivity contribution < 1.29 is 9.59 Å². The van der Waals surface area contributed by atoms with Gasteiger partial charge in [-0.1, -0.05) is 30.3 Å². The summed E-state index contributed by atoms with van der Waals surface area (Å²) in [5.41, 5.74) is 6.91. The largest absolute Gasteiger partial charge is 0.352 e. The van der Waals surface area contributed by atoms with Crippen LogP contribution in [0.2, 0.25) is 0 Å². The number of hydrogen-bond acceptors (Lipinski definition) is 3. The first-order valence-electron chi connectivity index (χ1n) is 9.03. The first-order chi connectivity index (χ1) is 11.6. The maximum Gasteiger partial charge on any atom is 0.243 e. The van der Waals surface area contributed by atoms with Crippen molar-refractivity contribution in [3.05, 3.63) is 35.9 Å². The third kappa shape index (κ3) is 4.15. The molecule has 24 heavy (non-hydrogen) atoms. The van der Waals surface area contributed by atoms with Crippen LogP contribution < -0.4 is 11.1 Å². The molecule has 0 spiro atoms. The average Bonchev–Trinajstić information content (AvgIpc) is 3.08. The van der Waals surface area contributed by atoms with Gasteiger partial charge in [0.1, 0.15) is 6.04 Å². The zero-order chi connectivity index (χ0) is 16.9. The normalized spacial score (nSPS) is 27.0. The Bertz CT molecular complexity index is 567. The number of nitrogens with two attached hydrogens (primary N) is 1. The van der Waals surface area contributed by atoms with Crippen LogP contribution in [0.25, 0.3) is 0 Å². The molecule has 1 saturated heterocycles. The van der Waals surface area contributed by atoms with Gasteiger partial charge in [0.2, 0.25) is 11.8 Å². The monoisotopic (exact) mass is 329 g/mol. The third-order valence-corrected chi connectivity index (χ3v) is 5.19. The standard InChI is InChI=1S/C19H27N3O2/c20-15-8-10-16(11-9-15)21-19(24)17-7-4-12-22(17)18(23)13-14-5-2-1-3-6-14/h1-3,5-6,15-17H,4,7-13,20H2,(H,21,24).